The number of hydrogen-bond donors (Lipinski definition) is 1. The van der Waals surface area contributed by atoms with E-state index in [0.717, 1.165) is 0 Å². The zero-order valence-electron chi connectivity index (χ0n) is 14.4. The first kappa shape index (κ1) is 18.9. The van der Waals surface area contributed by atoms with Gasteiger partial charge in [-0.25, -0.2) is 0 Å². The summed E-state index contributed by atoms with van der Waals surface area (Å²) in [6.45, 7) is -0.242. The molecule has 0 spiro atoms. The van der Waals surface area contributed by atoms with E-state index in [2.05, 4.69) is 20.3 Å². The number of halogens is 2. The number of amides is 1. The third-order valence-corrected chi connectivity index (χ3v) is 4.51. The van der Waals surface area contributed by atoms with E-state index >= 15 is 0 Å². The second-order valence-corrected chi connectivity index (χ2v) is 6.30. The second kappa shape index (κ2) is 8.67. The molecule has 0 bridgehead atoms. The van der Waals surface area contributed by atoms with Crippen molar-refractivity contribution in [3.8, 4) is 11.7 Å². The van der Waals surface area contributed by atoms with Gasteiger partial charge in [0.05, 0.1) is 5.75 Å². The number of anilines is 1. The fourth-order valence-corrected chi connectivity index (χ4v) is 3.17. The monoisotopic (exact) mass is 393 g/mol. The van der Waals surface area contributed by atoms with Crippen molar-refractivity contribution in [1.82, 2.24) is 19.3 Å². The van der Waals surface area contributed by atoms with E-state index < -0.39 is 6.61 Å². The van der Waals surface area contributed by atoms with Gasteiger partial charge in [0.1, 0.15) is 5.75 Å². The van der Waals surface area contributed by atoms with Gasteiger partial charge in [-0.1, -0.05) is 11.8 Å². The summed E-state index contributed by atoms with van der Waals surface area (Å²) in [5.74, 6) is 0.612. The molecule has 27 heavy (non-hydrogen) atoms. The average Bonchev–Trinajstić information content (AvgIpc) is 3.30. The van der Waals surface area contributed by atoms with Gasteiger partial charge in [-0.05, 0) is 43.3 Å². The number of thioether (sulfide) groups is 1. The number of hydrogen-bond acceptors (Lipinski definition) is 5. The Morgan fingerprint density at radius 2 is 1.93 bits per heavy atom. The van der Waals surface area contributed by atoms with Crippen LogP contribution in [0.5, 0.6) is 5.75 Å². The normalized spacial score (nSPS) is 11.0. The molecule has 2 heterocycles. The highest BCUT2D eigenvalue weighted by atomic mass is 32.2. The number of nitrogens with one attached hydrogen (secondary N) is 1. The van der Waals surface area contributed by atoms with Crippen LogP contribution >= 0.6 is 11.8 Å². The summed E-state index contributed by atoms with van der Waals surface area (Å²) in [6, 6.07) is 9.52. The lowest BCUT2D eigenvalue weighted by atomic mass is 10.3. The molecule has 0 aliphatic carbocycles. The molecule has 0 saturated heterocycles. The smallest absolute Gasteiger partial charge is 0.387 e. The van der Waals surface area contributed by atoms with Crippen molar-refractivity contribution in [2.75, 3.05) is 11.1 Å². The zero-order chi connectivity index (χ0) is 19.2. The number of nitrogens with zero attached hydrogens (tertiary/aromatic N) is 4. The Bertz CT molecular complexity index is 881. The molecular weight excluding hydrogens is 376 g/mol. The van der Waals surface area contributed by atoms with Gasteiger partial charge >= 0.3 is 6.61 Å². The maximum Gasteiger partial charge on any atom is 0.387 e. The minimum atomic E-state index is -2.88. The fourth-order valence-electron chi connectivity index (χ4n) is 2.37. The van der Waals surface area contributed by atoms with Crippen LogP contribution in [0.1, 0.15) is 6.92 Å². The Hall–Kier alpha value is -2.88. The summed E-state index contributed by atoms with van der Waals surface area (Å²) in [5, 5.41) is 11.7. The van der Waals surface area contributed by atoms with Crippen LogP contribution in [0.25, 0.3) is 5.95 Å². The van der Waals surface area contributed by atoms with Crippen molar-refractivity contribution >= 4 is 23.4 Å². The molecule has 1 aromatic carbocycles. The zero-order valence-corrected chi connectivity index (χ0v) is 15.2. The third-order valence-electron chi connectivity index (χ3n) is 3.54. The van der Waals surface area contributed by atoms with Crippen molar-refractivity contribution in [3.63, 3.8) is 0 Å². The van der Waals surface area contributed by atoms with Crippen molar-refractivity contribution in [2.24, 2.45) is 0 Å². The first-order valence-corrected chi connectivity index (χ1v) is 9.09. The molecule has 142 valence electrons. The van der Waals surface area contributed by atoms with Gasteiger partial charge in [0.15, 0.2) is 5.16 Å². The van der Waals surface area contributed by atoms with Gasteiger partial charge in [-0.2, -0.15) is 8.78 Å². The number of aromatic nitrogens is 4. The van der Waals surface area contributed by atoms with E-state index in [1.54, 1.807) is 0 Å². The molecule has 1 N–H and O–H groups in total. The highest BCUT2D eigenvalue weighted by Crippen LogP contribution is 2.21. The minimum Gasteiger partial charge on any atom is -0.435 e. The minimum absolute atomic E-state index is 0.0333. The molecule has 0 aliphatic heterocycles. The number of alkyl halides is 2. The first-order valence-electron chi connectivity index (χ1n) is 8.11. The SMILES string of the molecule is CCn1c(SCC(=O)Nc2ccc(OC(F)F)cc2)nnc1-n1cccc1. The Morgan fingerprint density at radius 3 is 2.56 bits per heavy atom. The van der Waals surface area contributed by atoms with Crippen LogP contribution in [-0.4, -0.2) is 37.6 Å². The average molecular weight is 393 g/mol. The summed E-state index contributed by atoms with van der Waals surface area (Å²) in [5.41, 5.74) is 0.493. The quantitative estimate of drug-likeness (QED) is 0.594. The molecule has 0 unspecified atom stereocenters. The van der Waals surface area contributed by atoms with Crippen molar-refractivity contribution in [3.05, 3.63) is 48.8 Å². The highest BCUT2D eigenvalue weighted by Gasteiger charge is 2.14. The summed E-state index contributed by atoms with van der Waals surface area (Å²) in [7, 11) is 0. The standard InChI is InChI=1S/C17H17F2N5O2S/c1-2-24-16(23-9-3-4-10-23)21-22-17(24)27-11-14(25)20-12-5-7-13(8-6-12)26-15(18)19/h3-10,15H,2,11H2,1H3,(H,20,25). The molecule has 7 nitrogen and oxygen atoms in total. The van der Waals surface area contributed by atoms with E-state index in [4.69, 9.17) is 0 Å². The van der Waals surface area contributed by atoms with Gasteiger partial charge < -0.3 is 10.1 Å². The second-order valence-electron chi connectivity index (χ2n) is 5.36. The molecule has 1 amide bonds. The first-order chi connectivity index (χ1) is 13.1. The van der Waals surface area contributed by atoms with Gasteiger partial charge in [0, 0.05) is 24.6 Å². The molecule has 0 saturated carbocycles. The number of ether oxygens (including phenoxy) is 1. The number of rotatable bonds is 8. The molecule has 3 aromatic rings. The Kier molecular flexibility index (Phi) is 6.07. The largest absolute Gasteiger partial charge is 0.435 e. The predicted molar refractivity (Wildman–Crippen MR) is 97.5 cm³/mol. The molecule has 0 atom stereocenters. The summed E-state index contributed by atoms with van der Waals surface area (Å²) in [6.07, 6.45) is 3.75. The molecule has 10 heteroatoms. The Balaban J connectivity index is 1.58. The van der Waals surface area contributed by atoms with E-state index in [-0.39, 0.29) is 17.4 Å². The van der Waals surface area contributed by atoms with Gasteiger partial charge in [0.2, 0.25) is 11.9 Å². The van der Waals surface area contributed by atoms with E-state index in [0.29, 0.717) is 23.3 Å². The van der Waals surface area contributed by atoms with Crippen LogP contribution in [0.2, 0.25) is 0 Å². The lowest BCUT2D eigenvalue weighted by Gasteiger charge is -2.09. The topological polar surface area (TPSA) is 74.0 Å². The van der Waals surface area contributed by atoms with Crippen LogP contribution in [0.15, 0.2) is 53.9 Å². The van der Waals surface area contributed by atoms with Crippen LogP contribution in [-0.2, 0) is 11.3 Å². The molecule has 0 fully saturated rings. The lowest BCUT2D eigenvalue weighted by Crippen LogP contribution is -2.15. The predicted octanol–water partition coefficient (Wildman–Crippen LogP) is 3.42. The number of carbonyl (C=O) groups excluding carboxylic acids is 1. The molecule has 0 radical (unpaired) electrons. The molecular formula is C17H17F2N5O2S. The summed E-state index contributed by atoms with van der Waals surface area (Å²) >= 11 is 1.27. The fraction of sp³-hybridized carbons (Fsp3) is 0.235. The number of carbonyl (C=O) groups is 1. The van der Waals surface area contributed by atoms with Crippen LogP contribution in [0.3, 0.4) is 0 Å². The number of benzene rings is 1. The molecule has 0 aliphatic rings. The van der Waals surface area contributed by atoms with Crippen LogP contribution in [0, 0.1) is 0 Å². The van der Waals surface area contributed by atoms with Crippen LogP contribution < -0.4 is 10.1 Å². The Morgan fingerprint density at radius 1 is 1.22 bits per heavy atom. The van der Waals surface area contributed by atoms with E-state index in [1.165, 1.54) is 36.0 Å². The maximum atomic E-state index is 12.1. The van der Waals surface area contributed by atoms with Crippen molar-refractivity contribution in [2.45, 2.75) is 25.2 Å². The van der Waals surface area contributed by atoms with Crippen molar-refractivity contribution in [1.29, 1.82) is 0 Å². The van der Waals surface area contributed by atoms with Crippen molar-refractivity contribution < 1.29 is 18.3 Å². The lowest BCUT2D eigenvalue weighted by molar-refractivity contribution is -0.113. The van der Waals surface area contributed by atoms with Crippen LogP contribution in [0.4, 0.5) is 14.5 Å². The van der Waals surface area contributed by atoms with E-state index in [1.807, 2.05) is 40.6 Å². The highest BCUT2D eigenvalue weighted by molar-refractivity contribution is 7.99. The van der Waals surface area contributed by atoms with Gasteiger partial charge in [-0.3, -0.25) is 13.9 Å². The summed E-state index contributed by atoms with van der Waals surface area (Å²) in [4.78, 5) is 12.1. The van der Waals surface area contributed by atoms with Gasteiger partial charge in [0.25, 0.3) is 0 Å². The van der Waals surface area contributed by atoms with Gasteiger partial charge in [-0.15, -0.1) is 10.2 Å². The maximum absolute atomic E-state index is 12.1. The van der Waals surface area contributed by atoms with E-state index in [9.17, 15) is 13.6 Å². The molecule has 2 aromatic heterocycles. The summed E-state index contributed by atoms with van der Waals surface area (Å²) < 4.78 is 32.3. The third kappa shape index (κ3) is 4.85. The Labute approximate surface area is 158 Å². The molecule has 3 rings (SSSR count).